The van der Waals surface area contributed by atoms with Crippen LogP contribution >= 0.6 is 0 Å². The molecule has 0 bridgehead atoms. The van der Waals surface area contributed by atoms with Crippen molar-refractivity contribution in [2.24, 2.45) is 0 Å². The lowest BCUT2D eigenvalue weighted by Gasteiger charge is -2.26. The van der Waals surface area contributed by atoms with E-state index in [1.165, 1.54) is 12.1 Å². The van der Waals surface area contributed by atoms with E-state index >= 15 is 0 Å². The number of morpholine rings is 1. The van der Waals surface area contributed by atoms with Crippen LogP contribution < -0.4 is 14.8 Å². The highest BCUT2D eigenvalue weighted by Gasteiger charge is 2.19. The number of aromatic amines is 1. The van der Waals surface area contributed by atoms with Gasteiger partial charge in [-0.3, -0.25) is 4.90 Å². The number of anilines is 1. The summed E-state index contributed by atoms with van der Waals surface area (Å²) in [5, 5.41) is 13.5. The predicted molar refractivity (Wildman–Crippen MR) is 135 cm³/mol. The van der Waals surface area contributed by atoms with E-state index in [1.807, 2.05) is 25.1 Å². The highest BCUT2D eigenvalue weighted by atomic mass is 19.1. The first kappa shape index (κ1) is 23.8. The van der Waals surface area contributed by atoms with Crippen LogP contribution in [0.3, 0.4) is 0 Å². The van der Waals surface area contributed by atoms with Crippen LogP contribution in [-0.4, -0.2) is 73.0 Å². The Hall–Kier alpha value is -3.94. The van der Waals surface area contributed by atoms with E-state index < -0.39 is 0 Å². The van der Waals surface area contributed by atoms with E-state index in [0.717, 1.165) is 43.9 Å². The molecule has 0 unspecified atom stereocenters. The molecule has 0 spiro atoms. The number of ether oxygens (including phenoxy) is 3. The van der Waals surface area contributed by atoms with Crippen molar-refractivity contribution in [3.63, 3.8) is 0 Å². The minimum atomic E-state index is -0.360. The summed E-state index contributed by atoms with van der Waals surface area (Å²) in [6.45, 7) is 6.15. The first-order valence-corrected chi connectivity index (χ1v) is 11.8. The van der Waals surface area contributed by atoms with E-state index in [0.29, 0.717) is 51.7 Å². The Kier molecular flexibility index (Phi) is 6.84. The average Bonchev–Trinajstić information content (AvgIpc) is 3.25. The lowest BCUT2D eigenvalue weighted by molar-refractivity contribution is 0.0321. The molecule has 0 atom stereocenters. The molecule has 2 N–H and O–H groups in total. The molecule has 0 saturated carbocycles. The van der Waals surface area contributed by atoms with Crippen molar-refractivity contribution in [3.8, 4) is 28.8 Å². The fourth-order valence-corrected chi connectivity index (χ4v) is 4.49. The summed E-state index contributed by atoms with van der Waals surface area (Å²) in [6.07, 6.45) is 0. The third-order valence-corrected chi connectivity index (χ3v) is 6.18. The van der Waals surface area contributed by atoms with E-state index in [-0.39, 0.29) is 12.4 Å². The minimum absolute atomic E-state index is 0.120. The molecule has 10 heteroatoms. The first-order chi connectivity index (χ1) is 17.6. The lowest BCUT2D eigenvalue weighted by atomic mass is 10.0. The SMILES string of the molecule is CNc1cc(F)cc2c1[nH]c1nc(C)nc(-c3ccc(OCCN4CCOCC4)c(OCC#N)c3)c12. The molecule has 1 fully saturated rings. The number of nitrogens with one attached hydrogen (secondary N) is 2. The van der Waals surface area contributed by atoms with Crippen LogP contribution in [0, 0.1) is 24.1 Å². The number of aromatic nitrogens is 3. The van der Waals surface area contributed by atoms with Gasteiger partial charge in [0.2, 0.25) is 0 Å². The van der Waals surface area contributed by atoms with Gasteiger partial charge < -0.3 is 24.5 Å². The second-order valence-electron chi connectivity index (χ2n) is 8.50. The Labute approximate surface area is 207 Å². The molecule has 0 radical (unpaired) electrons. The summed E-state index contributed by atoms with van der Waals surface area (Å²) >= 11 is 0. The van der Waals surface area contributed by atoms with E-state index in [4.69, 9.17) is 24.5 Å². The molecular formula is C26H27FN6O3. The van der Waals surface area contributed by atoms with Gasteiger partial charge in [0.1, 0.15) is 30.0 Å². The Morgan fingerprint density at radius 1 is 1.17 bits per heavy atom. The second-order valence-corrected chi connectivity index (χ2v) is 8.50. The monoisotopic (exact) mass is 490 g/mol. The molecule has 5 rings (SSSR count). The Balaban J connectivity index is 1.53. The number of H-pyrrole nitrogens is 1. The highest BCUT2D eigenvalue weighted by molar-refractivity contribution is 6.15. The molecular weight excluding hydrogens is 463 g/mol. The van der Waals surface area contributed by atoms with E-state index in [2.05, 4.69) is 20.2 Å². The maximum absolute atomic E-state index is 14.4. The molecule has 1 saturated heterocycles. The number of benzene rings is 2. The van der Waals surface area contributed by atoms with Crippen molar-refractivity contribution >= 4 is 27.6 Å². The van der Waals surface area contributed by atoms with Gasteiger partial charge in [0.25, 0.3) is 0 Å². The number of rotatable bonds is 8. The molecule has 3 heterocycles. The van der Waals surface area contributed by atoms with Gasteiger partial charge in [-0.1, -0.05) is 0 Å². The zero-order valence-electron chi connectivity index (χ0n) is 20.2. The summed E-state index contributed by atoms with van der Waals surface area (Å²) in [4.78, 5) is 14.8. The van der Waals surface area contributed by atoms with Gasteiger partial charge in [0.05, 0.1) is 35.5 Å². The molecule has 0 aliphatic carbocycles. The van der Waals surface area contributed by atoms with Gasteiger partial charge in [0, 0.05) is 37.6 Å². The smallest absolute Gasteiger partial charge is 0.174 e. The quantitative estimate of drug-likeness (QED) is 0.383. The van der Waals surface area contributed by atoms with Crippen molar-refractivity contribution in [2.75, 3.05) is 58.4 Å². The van der Waals surface area contributed by atoms with Crippen LogP contribution in [0.15, 0.2) is 30.3 Å². The molecule has 36 heavy (non-hydrogen) atoms. The van der Waals surface area contributed by atoms with Gasteiger partial charge >= 0.3 is 0 Å². The van der Waals surface area contributed by atoms with Gasteiger partial charge in [-0.05, 0) is 37.3 Å². The van der Waals surface area contributed by atoms with Crippen LogP contribution in [-0.2, 0) is 4.74 Å². The number of hydrogen-bond donors (Lipinski definition) is 2. The van der Waals surface area contributed by atoms with E-state index in [9.17, 15) is 4.39 Å². The van der Waals surface area contributed by atoms with Crippen molar-refractivity contribution < 1.29 is 18.6 Å². The molecule has 9 nitrogen and oxygen atoms in total. The van der Waals surface area contributed by atoms with Crippen molar-refractivity contribution in [2.45, 2.75) is 6.92 Å². The fourth-order valence-electron chi connectivity index (χ4n) is 4.49. The zero-order chi connectivity index (χ0) is 25.1. The zero-order valence-corrected chi connectivity index (χ0v) is 20.2. The normalized spacial score (nSPS) is 14.2. The van der Waals surface area contributed by atoms with Crippen LogP contribution in [0.2, 0.25) is 0 Å². The highest BCUT2D eigenvalue weighted by Crippen LogP contribution is 2.39. The summed E-state index contributed by atoms with van der Waals surface area (Å²) in [5.74, 6) is 1.20. The van der Waals surface area contributed by atoms with Crippen molar-refractivity contribution in [1.29, 1.82) is 5.26 Å². The van der Waals surface area contributed by atoms with Gasteiger partial charge in [0.15, 0.2) is 18.1 Å². The Morgan fingerprint density at radius 2 is 2.00 bits per heavy atom. The largest absolute Gasteiger partial charge is 0.488 e. The van der Waals surface area contributed by atoms with Crippen LogP contribution in [0.5, 0.6) is 11.5 Å². The first-order valence-electron chi connectivity index (χ1n) is 11.8. The minimum Gasteiger partial charge on any atom is -0.488 e. The average molecular weight is 491 g/mol. The van der Waals surface area contributed by atoms with Gasteiger partial charge in [-0.15, -0.1) is 0 Å². The number of nitriles is 1. The molecule has 2 aromatic heterocycles. The van der Waals surface area contributed by atoms with Gasteiger partial charge in [-0.2, -0.15) is 5.26 Å². The number of hydrogen-bond acceptors (Lipinski definition) is 8. The molecule has 1 aliphatic rings. The maximum Gasteiger partial charge on any atom is 0.174 e. The number of aryl methyl sites for hydroxylation is 1. The Bertz CT molecular complexity index is 1440. The van der Waals surface area contributed by atoms with Crippen LogP contribution in [0.4, 0.5) is 10.1 Å². The van der Waals surface area contributed by atoms with Crippen molar-refractivity contribution in [3.05, 3.63) is 42.0 Å². The second kappa shape index (κ2) is 10.4. The summed E-state index contributed by atoms with van der Waals surface area (Å²) in [6, 6.07) is 10.4. The number of nitrogens with zero attached hydrogens (tertiary/aromatic N) is 4. The van der Waals surface area contributed by atoms with Crippen LogP contribution in [0.25, 0.3) is 33.2 Å². The Morgan fingerprint density at radius 3 is 2.78 bits per heavy atom. The summed E-state index contributed by atoms with van der Waals surface area (Å²) in [5.41, 5.74) is 3.38. The third kappa shape index (κ3) is 4.76. The predicted octanol–water partition coefficient (Wildman–Crippen LogP) is 3.88. The van der Waals surface area contributed by atoms with E-state index in [1.54, 1.807) is 13.1 Å². The molecule has 186 valence electrons. The van der Waals surface area contributed by atoms with Crippen LogP contribution in [0.1, 0.15) is 5.82 Å². The topological polar surface area (TPSA) is 108 Å². The fraction of sp³-hybridized carbons (Fsp3) is 0.346. The maximum atomic E-state index is 14.4. The standard InChI is InChI=1S/C26H27FN6O3/c1-16-30-24(23-19-14-18(27)15-20(29-2)25(19)32-26(23)31-16)17-3-4-21(22(13-17)35-9-5-28)36-12-8-33-6-10-34-11-7-33/h3-4,13-15,29H,6-12H2,1-2H3,(H,30,31,32). The lowest BCUT2D eigenvalue weighted by Crippen LogP contribution is -2.38. The van der Waals surface area contributed by atoms with Gasteiger partial charge in [-0.25, -0.2) is 14.4 Å². The third-order valence-electron chi connectivity index (χ3n) is 6.18. The number of halogens is 1. The number of fused-ring (bicyclic) bond motifs is 3. The molecule has 2 aromatic carbocycles. The molecule has 0 amide bonds. The van der Waals surface area contributed by atoms with Crippen molar-refractivity contribution in [1.82, 2.24) is 19.9 Å². The molecule has 1 aliphatic heterocycles. The summed E-state index contributed by atoms with van der Waals surface area (Å²) in [7, 11) is 1.74. The molecule has 4 aromatic rings. The summed E-state index contributed by atoms with van der Waals surface area (Å²) < 4.78 is 31.6.